The second-order valence-electron chi connectivity index (χ2n) is 7.14. The van der Waals surface area contributed by atoms with Gasteiger partial charge in [-0.05, 0) is 32.0 Å². The Morgan fingerprint density at radius 1 is 1.16 bits per heavy atom. The van der Waals surface area contributed by atoms with Gasteiger partial charge in [-0.25, -0.2) is 4.39 Å². The highest BCUT2D eigenvalue weighted by Gasteiger charge is 2.21. The van der Waals surface area contributed by atoms with Crippen molar-refractivity contribution >= 4 is 11.6 Å². The molecule has 0 unspecified atom stereocenters. The Balaban J connectivity index is 1.43. The zero-order valence-corrected chi connectivity index (χ0v) is 17.1. The molecule has 0 aliphatic rings. The van der Waals surface area contributed by atoms with Crippen LogP contribution in [0.15, 0.2) is 65.4 Å². The highest BCUT2D eigenvalue weighted by atomic mass is 19.1. The standard InChI is InChI=1S/C23H21FN4O3/c1-15-7-9-19(10-8-15)30-14-20-16(2)31-27-22(20)23(29)26-18-11-25-28(13-18)12-17-5-3-4-6-21(17)24/h3-11,13H,12,14H2,1-2H3,(H,26,29). The molecule has 0 aliphatic heterocycles. The zero-order valence-electron chi connectivity index (χ0n) is 17.1. The van der Waals surface area contributed by atoms with Gasteiger partial charge in [0.2, 0.25) is 0 Å². The molecular formula is C23H21FN4O3. The van der Waals surface area contributed by atoms with Crippen molar-refractivity contribution in [2.75, 3.05) is 5.32 Å². The van der Waals surface area contributed by atoms with Crippen LogP contribution in [0, 0.1) is 19.7 Å². The van der Waals surface area contributed by atoms with E-state index in [0.29, 0.717) is 28.3 Å². The monoisotopic (exact) mass is 420 g/mol. The molecule has 0 fully saturated rings. The molecule has 0 saturated carbocycles. The molecule has 0 aliphatic carbocycles. The summed E-state index contributed by atoms with van der Waals surface area (Å²) in [4.78, 5) is 12.7. The van der Waals surface area contributed by atoms with Gasteiger partial charge in [-0.2, -0.15) is 5.10 Å². The normalized spacial score (nSPS) is 10.8. The minimum atomic E-state index is -0.440. The van der Waals surface area contributed by atoms with E-state index >= 15 is 0 Å². The van der Waals surface area contributed by atoms with Gasteiger partial charge in [-0.15, -0.1) is 0 Å². The molecule has 158 valence electrons. The van der Waals surface area contributed by atoms with Crippen molar-refractivity contribution in [2.24, 2.45) is 0 Å². The Kier molecular flexibility index (Phi) is 5.79. The Hall–Kier alpha value is -3.94. The Morgan fingerprint density at radius 3 is 2.71 bits per heavy atom. The van der Waals surface area contributed by atoms with Crippen molar-refractivity contribution < 1.29 is 18.4 Å². The molecule has 0 bridgehead atoms. The molecule has 0 spiro atoms. The molecule has 1 amide bonds. The number of aryl methyl sites for hydroxylation is 2. The van der Waals surface area contributed by atoms with Crippen LogP contribution in [-0.2, 0) is 13.2 Å². The number of nitrogens with zero attached hydrogens (tertiary/aromatic N) is 3. The van der Waals surface area contributed by atoms with Gasteiger partial charge in [0.05, 0.1) is 24.0 Å². The first kappa shape index (κ1) is 20.3. The third-order valence-electron chi connectivity index (χ3n) is 4.79. The van der Waals surface area contributed by atoms with Crippen molar-refractivity contribution in [1.29, 1.82) is 0 Å². The Bertz CT molecular complexity index is 1200. The van der Waals surface area contributed by atoms with Gasteiger partial charge in [-0.3, -0.25) is 9.48 Å². The molecule has 4 aromatic rings. The topological polar surface area (TPSA) is 82.2 Å². The van der Waals surface area contributed by atoms with Crippen molar-refractivity contribution in [3.8, 4) is 5.75 Å². The molecule has 4 rings (SSSR count). The van der Waals surface area contributed by atoms with E-state index in [9.17, 15) is 9.18 Å². The highest BCUT2D eigenvalue weighted by molar-refractivity contribution is 6.03. The van der Waals surface area contributed by atoms with Crippen LogP contribution in [0.2, 0.25) is 0 Å². The summed E-state index contributed by atoms with van der Waals surface area (Å²) >= 11 is 0. The van der Waals surface area contributed by atoms with Gasteiger partial charge in [0.15, 0.2) is 5.69 Å². The minimum absolute atomic E-state index is 0.145. The number of hydrogen-bond acceptors (Lipinski definition) is 5. The molecule has 7 nitrogen and oxygen atoms in total. The van der Waals surface area contributed by atoms with E-state index in [1.807, 2.05) is 31.2 Å². The average molecular weight is 420 g/mol. The number of rotatable bonds is 7. The molecule has 1 N–H and O–H groups in total. The number of amides is 1. The van der Waals surface area contributed by atoms with Crippen LogP contribution in [0.25, 0.3) is 0 Å². The van der Waals surface area contributed by atoms with Gasteiger partial charge in [0, 0.05) is 11.8 Å². The maximum Gasteiger partial charge on any atom is 0.278 e. The number of halogens is 1. The van der Waals surface area contributed by atoms with Crippen LogP contribution in [0.4, 0.5) is 10.1 Å². The van der Waals surface area contributed by atoms with E-state index in [1.54, 1.807) is 36.0 Å². The summed E-state index contributed by atoms with van der Waals surface area (Å²) < 4.78 is 26.4. The van der Waals surface area contributed by atoms with E-state index in [-0.39, 0.29) is 24.7 Å². The van der Waals surface area contributed by atoms with Crippen LogP contribution >= 0.6 is 0 Å². The van der Waals surface area contributed by atoms with E-state index in [0.717, 1.165) is 5.56 Å². The van der Waals surface area contributed by atoms with E-state index < -0.39 is 5.91 Å². The summed E-state index contributed by atoms with van der Waals surface area (Å²) in [5, 5.41) is 10.8. The number of anilines is 1. The summed E-state index contributed by atoms with van der Waals surface area (Å²) in [7, 11) is 0. The Labute approximate surface area is 178 Å². The van der Waals surface area contributed by atoms with Crippen LogP contribution in [0.5, 0.6) is 5.75 Å². The van der Waals surface area contributed by atoms with Crippen LogP contribution in [-0.4, -0.2) is 20.8 Å². The zero-order chi connectivity index (χ0) is 21.8. The molecule has 0 radical (unpaired) electrons. The summed E-state index contributed by atoms with van der Waals surface area (Å²) in [5.41, 5.74) is 2.81. The average Bonchev–Trinajstić information content (AvgIpc) is 3.35. The van der Waals surface area contributed by atoms with Gasteiger partial charge in [0.1, 0.15) is 23.9 Å². The smallest absolute Gasteiger partial charge is 0.278 e. The maximum absolute atomic E-state index is 13.8. The van der Waals surface area contributed by atoms with Gasteiger partial charge < -0.3 is 14.6 Å². The van der Waals surface area contributed by atoms with Gasteiger partial charge in [0.25, 0.3) is 5.91 Å². The third kappa shape index (κ3) is 4.80. The van der Waals surface area contributed by atoms with Crippen molar-refractivity contribution in [1.82, 2.24) is 14.9 Å². The first-order valence-corrected chi connectivity index (χ1v) is 9.71. The molecule has 31 heavy (non-hydrogen) atoms. The molecule has 2 aromatic carbocycles. The quantitative estimate of drug-likeness (QED) is 0.476. The largest absolute Gasteiger partial charge is 0.489 e. The molecule has 0 atom stereocenters. The van der Waals surface area contributed by atoms with Crippen molar-refractivity contribution in [3.63, 3.8) is 0 Å². The number of benzene rings is 2. The van der Waals surface area contributed by atoms with Crippen molar-refractivity contribution in [3.05, 3.63) is 94.9 Å². The molecule has 8 heteroatoms. The predicted octanol–water partition coefficient (Wildman–Crippen LogP) is 4.51. The fourth-order valence-electron chi connectivity index (χ4n) is 3.04. The minimum Gasteiger partial charge on any atom is -0.489 e. The van der Waals surface area contributed by atoms with Gasteiger partial charge in [-0.1, -0.05) is 41.1 Å². The highest BCUT2D eigenvalue weighted by Crippen LogP contribution is 2.20. The number of aromatic nitrogens is 3. The summed E-state index contributed by atoms with van der Waals surface area (Å²) in [6.07, 6.45) is 3.12. The lowest BCUT2D eigenvalue weighted by atomic mass is 10.2. The van der Waals surface area contributed by atoms with E-state index in [2.05, 4.69) is 15.6 Å². The summed E-state index contributed by atoms with van der Waals surface area (Å²) in [6, 6.07) is 14.1. The lowest BCUT2D eigenvalue weighted by Crippen LogP contribution is -2.15. The maximum atomic E-state index is 13.8. The van der Waals surface area contributed by atoms with Crippen molar-refractivity contribution in [2.45, 2.75) is 27.0 Å². The van der Waals surface area contributed by atoms with Crippen LogP contribution < -0.4 is 10.1 Å². The second kappa shape index (κ2) is 8.83. The first-order chi connectivity index (χ1) is 15.0. The molecule has 2 heterocycles. The Morgan fingerprint density at radius 2 is 1.94 bits per heavy atom. The SMILES string of the molecule is Cc1ccc(OCc2c(C(=O)Nc3cnn(Cc4ccccc4F)c3)noc2C)cc1. The fraction of sp³-hybridized carbons (Fsp3) is 0.174. The third-order valence-corrected chi connectivity index (χ3v) is 4.79. The van der Waals surface area contributed by atoms with E-state index in [1.165, 1.54) is 12.3 Å². The predicted molar refractivity (Wildman–Crippen MR) is 112 cm³/mol. The van der Waals surface area contributed by atoms with Crippen LogP contribution in [0.1, 0.15) is 32.9 Å². The van der Waals surface area contributed by atoms with Crippen LogP contribution in [0.3, 0.4) is 0 Å². The molecular weight excluding hydrogens is 399 g/mol. The number of carbonyl (C=O) groups excluding carboxylic acids is 1. The molecule has 2 aromatic heterocycles. The lowest BCUT2D eigenvalue weighted by Gasteiger charge is -2.07. The second-order valence-corrected chi connectivity index (χ2v) is 7.14. The number of carbonyl (C=O) groups is 1. The summed E-state index contributed by atoms with van der Waals surface area (Å²) in [6.45, 7) is 4.12. The number of nitrogens with one attached hydrogen (secondary N) is 1. The first-order valence-electron chi connectivity index (χ1n) is 9.71. The lowest BCUT2D eigenvalue weighted by molar-refractivity contribution is 0.101. The fourth-order valence-corrected chi connectivity index (χ4v) is 3.04. The summed E-state index contributed by atoms with van der Waals surface area (Å²) in [5.74, 6) is 0.448. The number of hydrogen-bond donors (Lipinski definition) is 1. The van der Waals surface area contributed by atoms with Gasteiger partial charge >= 0.3 is 0 Å². The number of ether oxygens (including phenoxy) is 1. The van der Waals surface area contributed by atoms with E-state index in [4.69, 9.17) is 9.26 Å². The molecule has 0 saturated heterocycles.